The minimum absolute atomic E-state index is 0.122. The third-order valence-electron chi connectivity index (χ3n) is 1.42. The fraction of sp³-hybridized carbons (Fsp3) is 1.00. The van der Waals surface area contributed by atoms with Gasteiger partial charge in [0.15, 0.2) is 0 Å². The largest absolute Gasteiger partial charge is 0.151 e. The number of nitroso groups, excluding NO2 is 1. The van der Waals surface area contributed by atoms with Crippen molar-refractivity contribution in [3.8, 4) is 0 Å². The molecule has 0 fully saturated rings. The van der Waals surface area contributed by atoms with E-state index in [2.05, 4.69) is 25.9 Å². The number of nitrogens with zero attached hydrogens (tertiary/aromatic N) is 1. The molecule has 54 valence electrons. The Labute approximate surface area is 56.6 Å². The van der Waals surface area contributed by atoms with Crippen molar-refractivity contribution in [1.29, 1.82) is 0 Å². The summed E-state index contributed by atoms with van der Waals surface area (Å²) in [5.74, 6) is 0. The lowest BCUT2D eigenvalue weighted by atomic mass is 9.88. The van der Waals surface area contributed by atoms with Gasteiger partial charge in [-0.05, 0) is 11.8 Å². The minimum atomic E-state index is 0.122. The molecule has 0 aromatic heterocycles. The van der Waals surface area contributed by atoms with Gasteiger partial charge in [-0.2, -0.15) is 4.91 Å². The van der Waals surface area contributed by atoms with Gasteiger partial charge >= 0.3 is 0 Å². The van der Waals surface area contributed by atoms with Gasteiger partial charge in [0.05, 0.1) is 6.54 Å². The fourth-order valence-corrected chi connectivity index (χ4v) is 0.931. The summed E-state index contributed by atoms with van der Waals surface area (Å²) < 4.78 is 0. The standard InChI is InChI=1S/C7H15NO/c1-4-5-7(2,3)6-8-9/h4-6H2,1-3H3. The van der Waals surface area contributed by atoms with Crippen LogP contribution in [0, 0.1) is 10.3 Å². The van der Waals surface area contributed by atoms with Crippen molar-refractivity contribution in [3.05, 3.63) is 4.91 Å². The molecule has 0 saturated carbocycles. The summed E-state index contributed by atoms with van der Waals surface area (Å²) >= 11 is 0. The first-order valence-electron chi connectivity index (χ1n) is 3.41. The van der Waals surface area contributed by atoms with E-state index >= 15 is 0 Å². The van der Waals surface area contributed by atoms with Crippen LogP contribution < -0.4 is 0 Å². The van der Waals surface area contributed by atoms with Gasteiger partial charge < -0.3 is 0 Å². The Bertz CT molecular complexity index is 88.9. The lowest BCUT2D eigenvalue weighted by Gasteiger charge is -2.18. The Hall–Kier alpha value is -0.400. The third-order valence-corrected chi connectivity index (χ3v) is 1.42. The van der Waals surface area contributed by atoms with Crippen LogP contribution in [0.3, 0.4) is 0 Å². The molecular weight excluding hydrogens is 114 g/mol. The van der Waals surface area contributed by atoms with Crippen molar-refractivity contribution >= 4 is 0 Å². The van der Waals surface area contributed by atoms with Crippen molar-refractivity contribution in [2.24, 2.45) is 10.6 Å². The summed E-state index contributed by atoms with van der Waals surface area (Å²) in [5, 5.41) is 2.88. The lowest BCUT2D eigenvalue weighted by Crippen LogP contribution is -2.14. The zero-order chi connectivity index (χ0) is 7.33. The van der Waals surface area contributed by atoms with E-state index in [9.17, 15) is 4.91 Å². The molecule has 2 heteroatoms. The van der Waals surface area contributed by atoms with Crippen LogP contribution in [0.25, 0.3) is 0 Å². The highest BCUT2D eigenvalue weighted by atomic mass is 16.3. The maximum Gasteiger partial charge on any atom is 0.0862 e. The van der Waals surface area contributed by atoms with E-state index < -0.39 is 0 Å². The second kappa shape index (κ2) is 3.59. The zero-order valence-corrected chi connectivity index (χ0v) is 6.48. The van der Waals surface area contributed by atoms with Gasteiger partial charge in [-0.15, -0.1) is 0 Å². The van der Waals surface area contributed by atoms with Crippen LogP contribution >= 0.6 is 0 Å². The molecule has 0 rings (SSSR count). The molecule has 0 aliphatic carbocycles. The number of hydrogen-bond acceptors (Lipinski definition) is 2. The summed E-state index contributed by atoms with van der Waals surface area (Å²) in [5.41, 5.74) is 0.122. The molecule has 0 atom stereocenters. The van der Waals surface area contributed by atoms with Gasteiger partial charge in [0.1, 0.15) is 0 Å². The first-order chi connectivity index (χ1) is 4.12. The van der Waals surface area contributed by atoms with Gasteiger partial charge in [-0.1, -0.05) is 32.4 Å². The van der Waals surface area contributed by atoms with Gasteiger partial charge in [-0.25, -0.2) is 0 Å². The molecule has 2 nitrogen and oxygen atoms in total. The highest BCUT2D eigenvalue weighted by Gasteiger charge is 2.15. The van der Waals surface area contributed by atoms with Crippen LogP contribution in [0.5, 0.6) is 0 Å². The predicted molar refractivity (Wildman–Crippen MR) is 39.4 cm³/mol. The Morgan fingerprint density at radius 3 is 2.33 bits per heavy atom. The molecule has 0 radical (unpaired) electrons. The van der Waals surface area contributed by atoms with E-state index in [1.54, 1.807) is 0 Å². The summed E-state index contributed by atoms with van der Waals surface area (Å²) in [4.78, 5) is 9.85. The summed E-state index contributed by atoms with van der Waals surface area (Å²) in [7, 11) is 0. The molecule has 0 saturated heterocycles. The van der Waals surface area contributed by atoms with Crippen LogP contribution in [0.4, 0.5) is 0 Å². The average Bonchev–Trinajstić information content (AvgIpc) is 1.64. The highest BCUT2D eigenvalue weighted by Crippen LogP contribution is 2.21. The minimum Gasteiger partial charge on any atom is -0.151 e. The van der Waals surface area contributed by atoms with Gasteiger partial charge in [-0.3, -0.25) is 0 Å². The summed E-state index contributed by atoms with van der Waals surface area (Å²) in [6, 6.07) is 0. The van der Waals surface area contributed by atoms with Gasteiger partial charge in [0.25, 0.3) is 0 Å². The van der Waals surface area contributed by atoms with Crippen LogP contribution in [-0.2, 0) is 0 Å². The van der Waals surface area contributed by atoms with Crippen LogP contribution in [0.2, 0.25) is 0 Å². The molecule has 0 heterocycles. The van der Waals surface area contributed by atoms with Crippen molar-refractivity contribution in [2.75, 3.05) is 6.54 Å². The molecule has 0 aromatic rings. The summed E-state index contributed by atoms with van der Waals surface area (Å²) in [6.07, 6.45) is 2.21. The maximum absolute atomic E-state index is 9.85. The van der Waals surface area contributed by atoms with Crippen molar-refractivity contribution in [3.63, 3.8) is 0 Å². The molecule has 0 N–H and O–H groups in total. The molecule has 0 aliphatic rings. The van der Waals surface area contributed by atoms with Crippen LogP contribution in [-0.4, -0.2) is 6.54 Å². The quantitative estimate of drug-likeness (QED) is 0.536. The van der Waals surface area contributed by atoms with Crippen LogP contribution in [0.15, 0.2) is 5.18 Å². The van der Waals surface area contributed by atoms with E-state index in [0.717, 1.165) is 12.8 Å². The van der Waals surface area contributed by atoms with Crippen LogP contribution in [0.1, 0.15) is 33.6 Å². The predicted octanol–water partition coefficient (Wildman–Crippen LogP) is 2.58. The van der Waals surface area contributed by atoms with Crippen molar-refractivity contribution in [1.82, 2.24) is 0 Å². The topological polar surface area (TPSA) is 29.4 Å². The molecular formula is C7H15NO. The SMILES string of the molecule is CCCC(C)(C)CN=O. The monoisotopic (exact) mass is 129 g/mol. The summed E-state index contributed by atoms with van der Waals surface area (Å²) in [6.45, 7) is 6.70. The van der Waals surface area contributed by atoms with E-state index in [1.807, 2.05) is 0 Å². The number of rotatable bonds is 4. The smallest absolute Gasteiger partial charge is 0.0862 e. The average molecular weight is 129 g/mol. The molecule has 0 bridgehead atoms. The first-order valence-corrected chi connectivity index (χ1v) is 3.41. The van der Waals surface area contributed by atoms with E-state index in [1.165, 1.54) is 0 Å². The zero-order valence-electron chi connectivity index (χ0n) is 6.48. The second-order valence-electron chi connectivity index (χ2n) is 3.20. The fourth-order valence-electron chi connectivity index (χ4n) is 0.931. The molecule has 0 amide bonds. The normalized spacial score (nSPS) is 11.4. The Morgan fingerprint density at radius 1 is 1.44 bits per heavy atom. The molecule has 0 spiro atoms. The molecule has 0 aromatic carbocycles. The Balaban J connectivity index is 3.55. The van der Waals surface area contributed by atoms with Crippen molar-refractivity contribution < 1.29 is 0 Å². The maximum atomic E-state index is 9.85. The molecule has 9 heavy (non-hydrogen) atoms. The Morgan fingerprint density at radius 2 is 2.00 bits per heavy atom. The highest BCUT2D eigenvalue weighted by molar-refractivity contribution is 4.69. The third kappa shape index (κ3) is 4.13. The Kier molecular flexibility index (Phi) is 3.43. The van der Waals surface area contributed by atoms with Crippen molar-refractivity contribution in [2.45, 2.75) is 33.6 Å². The van der Waals surface area contributed by atoms with Gasteiger partial charge in [0, 0.05) is 0 Å². The first kappa shape index (κ1) is 8.60. The second-order valence-corrected chi connectivity index (χ2v) is 3.20. The van der Waals surface area contributed by atoms with Gasteiger partial charge in [0.2, 0.25) is 0 Å². The van der Waals surface area contributed by atoms with E-state index in [0.29, 0.717) is 6.54 Å². The molecule has 0 unspecified atom stereocenters. The van der Waals surface area contributed by atoms with E-state index in [-0.39, 0.29) is 5.41 Å². The van der Waals surface area contributed by atoms with E-state index in [4.69, 9.17) is 0 Å². The number of hydrogen-bond donors (Lipinski definition) is 0. The lowest BCUT2D eigenvalue weighted by molar-refractivity contribution is 0.344. The molecule has 0 aliphatic heterocycles.